The summed E-state index contributed by atoms with van der Waals surface area (Å²) >= 11 is 5.46. The van der Waals surface area contributed by atoms with E-state index >= 15 is 0 Å². The van der Waals surface area contributed by atoms with Gasteiger partial charge in [0.1, 0.15) is 11.6 Å². The van der Waals surface area contributed by atoms with Crippen LogP contribution in [0.4, 0.5) is 27.6 Å². The average Bonchev–Trinajstić information content (AvgIpc) is 2.42. The van der Waals surface area contributed by atoms with Crippen molar-refractivity contribution in [2.24, 2.45) is 0 Å². The lowest BCUT2D eigenvalue weighted by molar-refractivity contribution is -0.139. The fourth-order valence-electron chi connectivity index (χ4n) is 1.66. The third-order valence-electron chi connectivity index (χ3n) is 2.73. The standard InChI is InChI=1S/C13H7ClF5NO2S/c14-10-6-8(2-4-12(10)16)23(21,22)20-7-1-3-11(15)9(5-7)13(17,18)19/h1-6,20H. The number of hydrogen-bond donors (Lipinski definition) is 1. The summed E-state index contributed by atoms with van der Waals surface area (Å²) in [6.45, 7) is 0. The molecule has 0 heterocycles. The van der Waals surface area contributed by atoms with Crippen LogP contribution in [0.1, 0.15) is 5.56 Å². The number of benzene rings is 2. The van der Waals surface area contributed by atoms with E-state index in [1.165, 1.54) is 0 Å². The molecule has 0 saturated carbocycles. The highest BCUT2D eigenvalue weighted by molar-refractivity contribution is 7.92. The maximum Gasteiger partial charge on any atom is 0.419 e. The molecule has 23 heavy (non-hydrogen) atoms. The van der Waals surface area contributed by atoms with Crippen molar-refractivity contribution in [3.05, 3.63) is 58.6 Å². The van der Waals surface area contributed by atoms with Gasteiger partial charge in [-0.05, 0) is 36.4 Å². The van der Waals surface area contributed by atoms with Crippen LogP contribution in [0.5, 0.6) is 0 Å². The largest absolute Gasteiger partial charge is 0.419 e. The zero-order valence-corrected chi connectivity index (χ0v) is 12.5. The Labute approximate surface area is 132 Å². The molecule has 0 aliphatic heterocycles. The van der Waals surface area contributed by atoms with Gasteiger partial charge in [0.2, 0.25) is 0 Å². The molecule has 0 saturated heterocycles. The molecule has 1 N–H and O–H groups in total. The minimum absolute atomic E-state index is 0.317. The quantitative estimate of drug-likeness (QED) is 0.811. The van der Waals surface area contributed by atoms with Crippen LogP contribution < -0.4 is 4.72 Å². The molecule has 0 aromatic heterocycles. The summed E-state index contributed by atoms with van der Waals surface area (Å²) in [5.41, 5.74) is -2.12. The normalized spacial score (nSPS) is 12.3. The van der Waals surface area contributed by atoms with Crippen molar-refractivity contribution in [2.75, 3.05) is 4.72 Å². The number of halogens is 6. The highest BCUT2D eigenvalue weighted by Crippen LogP contribution is 2.33. The zero-order valence-electron chi connectivity index (χ0n) is 11.0. The molecular weight excluding hydrogens is 365 g/mol. The van der Waals surface area contributed by atoms with Gasteiger partial charge in [0, 0.05) is 5.69 Å². The number of hydrogen-bond acceptors (Lipinski definition) is 2. The van der Waals surface area contributed by atoms with Crippen LogP contribution in [0.25, 0.3) is 0 Å². The summed E-state index contributed by atoms with van der Waals surface area (Å²) < 4.78 is 89.9. The first-order chi connectivity index (χ1) is 10.5. The molecular formula is C13H7ClF5NO2S. The third-order valence-corrected chi connectivity index (χ3v) is 4.39. The highest BCUT2D eigenvalue weighted by Gasteiger charge is 2.34. The topological polar surface area (TPSA) is 46.2 Å². The minimum atomic E-state index is -4.98. The summed E-state index contributed by atoms with van der Waals surface area (Å²) in [6.07, 6.45) is -4.98. The van der Waals surface area contributed by atoms with Gasteiger partial charge in [-0.2, -0.15) is 13.2 Å². The van der Waals surface area contributed by atoms with Gasteiger partial charge in [0.25, 0.3) is 10.0 Å². The second kappa shape index (κ2) is 5.97. The Morgan fingerprint density at radius 3 is 2.13 bits per heavy atom. The summed E-state index contributed by atoms with van der Waals surface area (Å²) in [4.78, 5) is -0.457. The van der Waals surface area contributed by atoms with Gasteiger partial charge < -0.3 is 0 Å². The summed E-state index contributed by atoms with van der Waals surface area (Å²) in [5.74, 6) is -2.39. The molecule has 0 aliphatic rings. The minimum Gasteiger partial charge on any atom is -0.280 e. The van der Waals surface area contributed by atoms with Crippen LogP contribution in [0.3, 0.4) is 0 Å². The summed E-state index contributed by atoms with van der Waals surface area (Å²) in [7, 11) is -4.32. The van der Waals surface area contributed by atoms with E-state index in [-0.39, 0.29) is 0 Å². The molecule has 124 valence electrons. The molecule has 0 bridgehead atoms. The Morgan fingerprint density at radius 2 is 1.57 bits per heavy atom. The SMILES string of the molecule is O=S(=O)(Nc1ccc(F)c(C(F)(F)F)c1)c1ccc(F)c(Cl)c1. The predicted octanol–water partition coefficient (Wildman–Crippen LogP) is 4.44. The molecule has 0 spiro atoms. The van der Waals surface area contributed by atoms with Gasteiger partial charge >= 0.3 is 6.18 Å². The van der Waals surface area contributed by atoms with E-state index in [9.17, 15) is 30.4 Å². The van der Waals surface area contributed by atoms with Crippen LogP contribution in [0.2, 0.25) is 5.02 Å². The van der Waals surface area contributed by atoms with Crippen LogP contribution in [-0.2, 0) is 16.2 Å². The van der Waals surface area contributed by atoms with E-state index in [0.717, 1.165) is 24.3 Å². The number of alkyl halides is 3. The Balaban J connectivity index is 2.39. The zero-order chi connectivity index (χ0) is 17.4. The van der Waals surface area contributed by atoms with E-state index < -0.39 is 49.0 Å². The fraction of sp³-hybridized carbons (Fsp3) is 0.0769. The second-order valence-corrected chi connectivity index (χ2v) is 6.46. The number of sulfonamides is 1. The van der Waals surface area contributed by atoms with E-state index in [1.54, 1.807) is 0 Å². The summed E-state index contributed by atoms with van der Waals surface area (Å²) in [6, 6.07) is 4.11. The van der Waals surface area contributed by atoms with Crippen LogP contribution >= 0.6 is 11.6 Å². The molecule has 0 fully saturated rings. The van der Waals surface area contributed by atoms with Crippen LogP contribution in [0.15, 0.2) is 41.3 Å². The first kappa shape index (κ1) is 17.5. The monoisotopic (exact) mass is 371 g/mol. The van der Waals surface area contributed by atoms with Crippen molar-refractivity contribution in [3.8, 4) is 0 Å². The lowest BCUT2D eigenvalue weighted by Crippen LogP contribution is -2.15. The molecule has 0 aliphatic carbocycles. The van der Waals surface area contributed by atoms with Crippen LogP contribution in [-0.4, -0.2) is 8.42 Å². The Bertz CT molecular complexity index is 852. The number of nitrogens with one attached hydrogen (secondary N) is 1. The highest BCUT2D eigenvalue weighted by atomic mass is 35.5. The molecule has 0 amide bonds. The lowest BCUT2D eigenvalue weighted by atomic mass is 10.2. The van der Waals surface area contributed by atoms with E-state index in [4.69, 9.17) is 11.6 Å². The van der Waals surface area contributed by atoms with Crippen molar-refractivity contribution in [2.45, 2.75) is 11.1 Å². The van der Waals surface area contributed by atoms with Crippen molar-refractivity contribution >= 4 is 27.3 Å². The molecule has 0 atom stereocenters. The maximum absolute atomic E-state index is 13.2. The molecule has 0 unspecified atom stereocenters. The van der Waals surface area contributed by atoms with Gasteiger partial charge in [0.15, 0.2) is 0 Å². The van der Waals surface area contributed by atoms with Crippen LogP contribution in [0, 0.1) is 11.6 Å². The average molecular weight is 372 g/mol. The predicted molar refractivity (Wildman–Crippen MR) is 73.6 cm³/mol. The van der Waals surface area contributed by atoms with Crippen molar-refractivity contribution in [1.29, 1.82) is 0 Å². The molecule has 0 radical (unpaired) electrons. The van der Waals surface area contributed by atoms with Gasteiger partial charge in [-0.25, -0.2) is 17.2 Å². The van der Waals surface area contributed by atoms with Gasteiger partial charge in [-0.3, -0.25) is 4.72 Å². The van der Waals surface area contributed by atoms with Gasteiger partial charge in [-0.15, -0.1) is 0 Å². The third kappa shape index (κ3) is 3.91. The smallest absolute Gasteiger partial charge is 0.280 e. The van der Waals surface area contributed by atoms with E-state index in [1.807, 2.05) is 4.72 Å². The molecule has 3 nitrogen and oxygen atoms in total. The number of rotatable bonds is 3. The Hall–Kier alpha value is -1.87. The molecule has 2 aromatic carbocycles. The number of anilines is 1. The first-order valence-electron chi connectivity index (χ1n) is 5.85. The second-order valence-electron chi connectivity index (χ2n) is 4.37. The van der Waals surface area contributed by atoms with Crippen molar-refractivity contribution < 1.29 is 30.4 Å². The van der Waals surface area contributed by atoms with E-state index in [2.05, 4.69) is 0 Å². The Kier molecular flexibility index (Phi) is 4.54. The van der Waals surface area contributed by atoms with E-state index in [0.29, 0.717) is 12.1 Å². The Morgan fingerprint density at radius 1 is 0.957 bits per heavy atom. The molecule has 2 rings (SSSR count). The molecule has 2 aromatic rings. The van der Waals surface area contributed by atoms with Gasteiger partial charge in [0.05, 0.1) is 15.5 Å². The first-order valence-corrected chi connectivity index (χ1v) is 7.71. The van der Waals surface area contributed by atoms with Gasteiger partial charge in [-0.1, -0.05) is 11.6 Å². The van der Waals surface area contributed by atoms with Crippen molar-refractivity contribution in [3.63, 3.8) is 0 Å². The summed E-state index contributed by atoms with van der Waals surface area (Å²) in [5, 5.41) is -0.469. The fourth-order valence-corrected chi connectivity index (χ4v) is 2.98. The van der Waals surface area contributed by atoms with Crippen molar-refractivity contribution in [1.82, 2.24) is 0 Å². The molecule has 10 heteroatoms. The lowest BCUT2D eigenvalue weighted by Gasteiger charge is -2.12. The maximum atomic E-state index is 13.2.